The monoisotopic (exact) mass is 389 g/mol. The second-order valence-electron chi connectivity index (χ2n) is 5.38. The van der Waals surface area contributed by atoms with Gasteiger partial charge in [-0.05, 0) is 31.5 Å². The number of aryl methyl sites for hydroxylation is 1. The molecule has 0 spiro atoms. The van der Waals surface area contributed by atoms with Crippen molar-refractivity contribution < 1.29 is 14.7 Å². The molecule has 0 aliphatic rings. The second kappa shape index (κ2) is 6.63. The maximum absolute atomic E-state index is 12.5. The van der Waals surface area contributed by atoms with Crippen molar-refractivity contribution in [3.8, 4) is 0 Å². The minimum atomic E-state index is -1.74. The van der Waals surface area contributed by atoms with Crippen LogP contribution < -0.4 is 5.32 Å². The number of halogens is 3. The molecule has 0 saturated carbocycles. The highest BCUT2D eigenvalue weighted by Gasteiger charge is 2.38. The number of carbonyl (C=O) groups is 2. The van der Waals surface area contributed by atoms with Crippen molar-refractivity contribution in [1.29, 1.82) is 0 Å². The number of hydrogen-bond donors (Lipinski definition) is 2. The van der Waals surface area contributed by atoms with Crippen molar-refractivity contribution in [2.75, 3.05) is 0 Å². The lowest BCUT2D eigenvalue weighted by atomic mass is 9.92. The van der Waals surface area contributed by atoms with E-state index in [4.69, 9.17) is 34.8 Å². The van der Waals surface area contributed by atoms with E-state index in [2.05, 4.69) is 10.4 Å². The Morgan fingerprint density at radius 2 is 1.88 bits per heavy atom. The molecule has 2 rings (SSSR count). The molecule has 2 N–H and O–H groups in total. The van der Waals surface area contributed by atoms with Gasteiger partial charge < -0.3 is 10.4 Å². The van der Waals surface area contributed by atoms with Crippen molar-refractivity contribution in [2.45, 2.75) is 19.4 Å². The summed E-state index contributed by atoms with van der Waals surface area (Å²) in [6.45, 7) is 3.04. The van der Waals surface area contributed by atoms with Crippen LogP contribution in [0.3, 0.4) is 0 Å². The maximum Gasteiger partial charge on any atom is 0.333 e. The fourth-order valence-corrected chi connectivity index (χ4v) is 2.61. The predicted octanol–water partition coefficient (Wildman–Crippen LogP) is 3.42. The summed E-state index contributed by atoms with van der Waals surface area (Å²) >= 11 is 17.9. The molecule has 0 aliphatic heterocycles. The normalized spacial score (nSPS) is 13.4. The van der Waals surface area contributed by atoms with Gasteiger partial charge in [-0.25, -0.2) is 4.79 Å². The van der Waals surface area contributed by atoms with Crippen LogP contribution in [0.25, 0.3) is 0 Å². The molecule has 0 aliphatic carbocycles. The van der Waals surface area contributed by atoms with Crippen molar-refractivity contribution >= 4 is 46.7 Å². The molecule has 1 aromatic heterocycles. The first-order valence-corrected chi connectivity index (χ1v) is 7.92. The Hall–Kier alpha value is -1.76. The summed E-state index contributed by atoms with van der Waals surface area (Å²) in [6.07, 6.45) is 0. The Balaban J connectivity index is 2.44. The number of nitrogens with one attached hydrogen (secondary N) is 1. The minimum Gasteiger partial charge on any atom is -0.479 e. The van der Waals surface area contributed by atoms with Crippen LogP contribution >= 0.6 is 34.8 Å². The van der Waals surface area contributed by atoms with Crippen molar-refractivity contribution in [3.63, 3.8) is 0 Å². The molecular weight excluding hydrogens is 377 g/mol. The topological polar surface area (TPSA) is 84.2 Å². The van der Waals surface area contributed by atoms with E-state index in [1.165, 1.54) is 29.8 Å². The third-order valence-electron chi connectivity index (χ3n) is 3.76. The lowest BCUT2D eigenvalue weighted by Gasteiger charge is -2.26. The van der Waals surface area contributed by atoms with E-state index in [0.717, 1.165) is 0 Å². The number of rotatable bonds is 4. The van der Waals surface area contributed by atoms with Gasteiger partial charge in [0.15, 0.2) is 11.2 Å². The van der Waals surface area contributed by atoms with Crippen LogP contribution in [0.4, 0.5) is 0 Å². The number of hydrogen-bond acceptors (Lipinski definition) is 3. The summed E-state index contributed by atoms with van der Waals surface area (Å²) in [5.41, 5.74) is -0.931. The van der Waals surface area contributed by atoms with Crippen molar-refractivity contribution in [3.05, 3.63) is 50.2 Å². The summed E-state index contributed by atoms with van der Waals surface area (Å²) < 4.78 is 1.44. The third-order valence-corrected chi connectivity index (χ3v) is 4.96. The first kappa shape index (κ1) is 18.6. The summed E-state index contributed by atoms with van der Waals surface area (Å²) in [5, 5.41) is 16.7. The maximum atomic E-state index is 12.5. The molecule has 0 saturated heterocycles. The number of benzene rings is 1. The van der Waals surface area contributed by atoms with Gasteiger partial charge in [-0.1, -0.05) is 40.9 Å². The second-order valence-corrected chi connectivity index (χ2v) is 6.58. The van der Waals surface area contributed by atoms with Gasteiger partial charge in [0.05, 0.1) is 20.8 Å². The molecule has 0 radical (unpaired) electrons. The zero-order valence-corrected chi connectivity index (χ0v) is 15.3. The van der Waals surface area contributed by atoms with E-state index in [0.29, 0.717) is 5.69 Å². The molecule has 1 heterocycles. The molecule has 2 aromatic rings. The van der Waals surface area contributed by atoms with Gasteiger partial charge >= 0.3 is 5.97 Å². The quantitative estimate of drug-likeness (QED) is 0.838. The van der Waals surface area contributed by atoms with Gasteiger partial charge in [-0.15, -0.1) is 0 Å². The number of amides is 1. The Labute approximate surface area is 153 Å². The van der Waals surface area contributed by atoms with Gasteiger partial charge in [0.25, 0.3) is 5.91 Å². The number of carboxylic acids is 1. The van der Waals surface area contributed by atoms with Crippen LogP contribution in [0, 0.1) is 6.92 Å². The average molecular weight is 391 g/mol. The van der Waals surface area contributed by atoms with Crippen LogP contribution in [0.2, 0.25) is 15.1 Å². The Morgan fingerprint density at radius 1 is 1.25 bits per heavy atom. The van der Waals surface area contributed by atoms with Crippen LogP contribution in [0.1, 0.15) is 28.7 Å². The van der Waals surface area contributed by atoms with Crippen molar-refractivity contribution in [1.82, 2.24) is 15.1 Å². The molecule has 1 unspecified atom stereocenters. The van der Waals surface area contributed by atoms with Crippen LogP contribution in [0.15, 0.2) is 18.2 Å². The van der Waals surface area contributed by atoms with Crippen molar-refractivity contribution in [2.24, 2.45) is 7.05 Å². The lowest BCUT2D eigenvalue weighted by Crippen LogP contribution is -2.49. The molecule has 1 atom stereocenters. The Morgan fingerprint density at radius 3 is 2.33 bits per heavy atom. The zero-order chi connectivity index (χ0) is 18.2. The van der Waals surface area contributed by atoms with Gasteiger partial charge in [0, 0.05) is 7.05 Å². The van der Waals surface area contributed by atoms with Gasteiger partial charge in [0.2, 0.25) is 0 Å². The molecule has 0 fully saturated rings. The molecule has 9 heteroatoms. The predicted molar refractivity (Wildman–Crippen MR) is 91.9 cm³/mol. The number of nitrogens with zero attached hydrogens (tertiary/aromatic N) is 2. The zero-order valence-electron chi connectivity index (χ0n) is 13.0. The highest BCUT2D eigenvalue weighted by molar-refractivity contribution is 6.42. The smallest absolute Gasteiger partial charge is 0.333 e. The van der Waals surface area contributed by atoms with E-state index in [1.807, 2.05) is 0 Å². The van der Waals surface area contributed by atoms with Gasteiger partial charge in [0.1, 0.15) is 0 Å². The molecular formula is C15H14Cl3N3O3. The summed E-state index contributed by atoms with van der Waals surface area (Å²) in [5.74, 6) is -1.97. The standard InChI is InChI=1S/C15H14Cl3N3O3/c1-7-11(18)12(20-21(7)3)13(22)19-15(2,14(23)24)8-4-5-9(16)10(17)6-8/h4-6H,1-3H3,(H,19,22)(H,23,24). The summed E-state index contributed by atoms with van der Waals surface area (Å²) in [4.78, 5) is 24.3. The van der Waals surface area contributed by atoms with Crippen LogP contribution in [-0.4, -0.2) is 26.8 Å². The molecule has 24 heavy (non-hydrogen) atoms. The first-order valence-electron chi connectivity index (χ1n) is 6.78. The molecule has 1 amide bonds. The molecule has 6 nitrogen and oxygen atoms in total. The molecule has 0 bridgehead atoms. The number of carbonyl (C=O) groups excluding carboxylic acids is 1. The number of aliphatic carboxylic acids is 1. The highest BCUT2D eigenvalue weighted by atomic mass is 35.5. The SMILES string of the molecule is Cc1c(Cl)c(C(=O)NC(C)(C(=O)O)c2ccc(Cl)c(Cl)c2)nn1C. The summed E-state index contributed by atoms with van der Waals surface area (Å²) in [6, 6.07) is 4.34. The number of aromatic nitrogens is 2. The van der Waals surface area contributed by atoms with E-state index < -0.39 is 17.4 Å². The van der Waals surface area contributed by atoms with Gasteiger partial charge in [-0.2, -0.15) is 5.10 Å². The third kappa shape index (κ3) is 3.22. The van der Waals surface area contributed by atoms with E-state index in [9.17, 15) is 14.7 Å². The van der Waals surface area contributed by atoms with E-state index in [-0.39, 0.29) is 26.3 Å². The minimum absolute atomic E-state index is 0.0517. The number of carboxylic acid groups (broad SMARTS) is 1. The van der Waals surface area contributed by atoms with Gasteiger partial charge in [-0.3, -0.25) is 9.48 Å². The Kier molecular flexibility index (Phi) is 5.13. The first-order chi connectivity index (χ1) is 11.1. The fourth-order valence-electron chi connectivity index (χ4n) is 2.07. The molecule has 128 valence electrons. The van der Waals surface area contributed by atoms with E-state index in [1.54, 1.807) is 14.0 Å². The Bertz CT molecular complexity index is 835. The highest BCUT2D eigenvalue weighted by Crippen LogP contribution is 2.30. The van der Waals surface area contributed by atoms with E-state index >= 15 is 0 Å². The molecule has 1 aromatic carbocycles. The summed E-state index contributed by atoms with van der Waals surface area (Å²) in [7, 11) is 1.63. The average Bonchev–Trinajstić information content (AvgIpc) is 2.77. The largest absolute Gasteiger partial charge is 0.479 e. The van der Waals surface area contributed by atoms with Crippen LogP contribution in [-0.2, 0) is 17.4 Å². The lowest BCUT2D eigenvalue weighted by molar-refractivity contribution is -0.144. The van der Waals surface area contributed by atoms with Crippen LogP contribution in [0.5, 0.6) is 0 Å². The fraction of sp³-hybridized carbons (Fsp3) is 0.267.